The van der Waals surface area contributed by atoms with Gasteiger partial charge in [0.15, 0.2) is 0 Å². The van der Waals surface area contributed by atoms with Crippen LogP contribution in [-0.4, -0.2) is 0 Å². The number of aryl methyl sites for hydroxylation is 1. The zero-order valence-electron chi connectivity index (χ0n) is 13.6. The third kappa shape index (κ3) is 4.19. The molecule has 0 saturated carbocycles. The van der Waals surface area contributed by atoms with Gasteiger partial charge in [0.1, 0.15) is 0 Å². The predicted octanol–water partition coefficient (Wildman–Crippen LogP) is -0.291. The Morgan fingerprint density at radius 2 is 1.65 bits per heavy atom. The van der Waals surface area contributed by atoms with Crippen molar-refractivity contribution in [3.8, 4) is 11.1 Å². The van der Waals surface area contributed by atoms with E-state index in [1.54, 1.807) is 24.7 Å². The summed E-state index contributed by atoms with van der Waals surface area (Å²) in [4.78, 5) is 0. The maximum Gasteiger partial charge on any atom is -1.00 e. The Morgan fingerprint density at radius 1 is 0.957 bits per heavy atom. The van der Waals surface area contributed by atoms with Crippen molar-refractivity contribution >= 4 is 6.08 Å². The van der Waals surface area contributed by atoms with Gasteiger partial charge in [-0.3, -0.25) is 0 Å². The van der Waals surface area contributed by atoms with Gasteiger partial charge < -0.3 is 24.8 Å². The van der Waals surface area contributed by atoms with Crippen LogP contribution >= 0.6 is 0 Å². The first kappa shape index (κ1) is 20.7. The molecule has 2 aromatic carbocycles. The molecule has 3 heteroatoms. The molecule has 0 amide bonds. The van der Waals surface area contributed by atoms with Crippen molar-refractivity contribution in [3.05, 3.63) is 64.7 Å². The summed E-state index contributed by atoms with van der Waals surface area (Å²) in [5.74, 6) is 0. The number of unbranched alkanes of at least 4 members (excludes halogenated alkanes) is 1. The number of benzene rings is 2. The first-order chi connectivity index (χ1) is 10.2. The second-order valence-corrected chi connectivity index (χ2v) is 7.31. The normalized spacial score (nSPS) is 15.3. The van der Waals surface area contributed by atoms with Crippen LogP contribution < -0.4 is 24.8 Å². The van der Waals surface area contributed by atoms with E-state index in [4.69, 9.17) is 0 Å². The molecule has 3 rings (SSSR count). The Morgan fingerprint density at radius 3 is 2.39 bits per heavy atom. The van der Waals surface area contributed by atoms with Gasteiger partial charge >= 0.3 is 143 Å². The van der Waals surface area contributed by atoms with E-state index in [1.807, 2.05) is 0 Å². The summed E-state index contributed by atoms with van der Waals surface area (Å²) in [6, 6.07) is 15.8. The van der Waals surface area contributed by atoms with E-state index in [1.165, 1.54) is 52.7 Å². The molecule has 0 saturated heterocycles. The third-order valence-corrected chi connectivity index (χ3v) is 6.27. The molecule has 0 N–H and O–H groups in total. The van der Waals surface area contributed by atoms with E-state index in [-0.39, 0.29) is 24.8 Å². The molecule has 1 atom stereocenters. The zero-order valence-corrected chi connectivity index (χ0v) is 17.5. The van der Waals surface area contributed by atoms with E-state index < -0.39 is 0 Å². The molecule has 0 nitrogen and oxygen atoms in total. The van der Waals surface area contributed by atoms with Gasteiger partial charge in [0.25, 0.3) is 0 Å². The van der Waals surface area contributed by atoms with Gasteiger partial charge in [0, 0.05) is 0 Å². The van der Waals surface area contributed by atoms with Crippen LogP contribution in [0.1, 0.15) is 47.0 Å². The van der Waals surface area contributed by atoms with Crippen LogP contribution in [0.5, 0.6) is 0 Å². The summed E-state index contributed by atoms with van der Waals surface area (Å²) < 4.78 is 0.648. The van der Waals surface area contributed by atoms with Gasteiger partial charge in [-0.2, -0.15) is 0 Å². The minimum Gasteiger partial charge on any atom is -1.00 e. The maximum atomic E-state index is 2.40. The minimum atomic E-state index is 0. The summed E-state index contributed by atoms with van der Waals surface area (Å²) in [7, 11) is 0. The Balaban J connectivity index is 0.00000132. The Bertz CT molecular complexity index is 692. The van der Waals surface area contributed by atoms with Gasteiger partial charge in [-0.25, -0.2) is 0 Å². The van der Waals surface area contributed by atoms with Crippen molar-refractivity contribution in [2.75, 3.05) is 0 Å². The van der Waals surface area contributed by atoms with E-state index in [9.17, 15) is 0 Å². The van der Waals surface area contributed by atoms with Crippen LogP contribution in [-0.2, 0) is 31.1 Å². The predicted molar refractivity (Wildman–Crippen MR) is 86.9 cm³/mol. The summed E-state index contributed by atoms with van der Waals surface area (Å²) in [6.07, 6.45) is 6.10. The van der Waals surface area contributed by atoms with Crippen molar-refractivity contribution in [3.63, 3.8) is 0 Å². The number of hydrogen-bond acceptors (Lipinski definition) is 0. The fourth-order valence-electron chi connectivity index (χ4n) is 3.16. The standard InChI is InChI=1S/C20H21.2ClH.Zr/c1-3-4-8-16-9-5-6-11-18(16)19-12-7-10-17-13-15(2)14-20(17)19;;;/h5-7,9-14H,3-4,8H2,1-2H3;2*1H;/q;;;+2/p-2. The van der Waals surface area contributed by atoms with Crippen molar-refractivity contribution in [2.45, 2.75) is 36.7 Å². The monoisotopic (exact) mass is 421 g/mol. The topological polar surface area (TPSA) is 0 Å². The Hall–Kier alpha value is -0.357. The maximum absolute atomic E-state index is 2.40. The molecule has 0 radical (unpaired) electrons. The largest absolute Gasteiger partial charge is 1.00 e. The Kier molecular flexibility index (Phi) is 8.28. The first-order valence-corrected chi connectivity index (χ1v) is 9.24. The molecule has 0 bridgehead atoms. The van der Waals surface area contributed by atoms with Crippen LogP contribution in [0.2, 0.25) is 0 Å². The number of halogens is 2. The molecule has 1 aliphatic rings. The number of hydrogen-bond donors (Lipinski definition) is 0. The van der Waals surface area contributed by atoms with Gasteiger partial charge in [0.2, 0.25) is 0 Å². The van der Waals surface area contributed by atoms with Gasteiger partial charge in [0.05, 0.1) is 0 Å². The van der Waals surface area contributed by atoms with E-state index in [0.29, 0.717) is 3.63 Å². The first-order valence-electron chi connectivity index (χ1n) is 7.83. The molecule has 23 heavy (non-hydrogen) atoms. The average Bonchev–Trinajstić information content (AvgIpc) is 2.81. The quantitative estimate of drug-likeness (QED) is 0.634. The van der Waals surface area contributed by atoms with Crippen LogP contribution in [0.3, 0.4) is 0 Å². The molecular formula is C20H21Cl2Zr. The van der Waals surface area contributed by atoms with E-state index >= 15 is 0 Å². The third-order valence-electron chi connectivity index (χ3n) is 4.39. The summed E-state index contributed by atoms with van der Waals surface area (Å²) in [5.41, 5.74) is 8.84. The molecule has 0 heterocycles. The summed E-state index contributed by atoms with van der Waals surface area (Å²) in [6.45, 7) is 4.53. The van der Waals surface area contributed by atoms with Gasteiger partial charge in [-0.1, -0.05) is 0 Å². The van der Waals surface area contributed by atoms with Crippen LogP contribution in [0.4, 0.5) is 0 Å². The average molecular weight is 424 g/mol. The molecule has 1 unspecified atom stereocenters. The van der Waals surface area contributed by atoms with Crippen LogP contribution in [0, 0.1) is 0 Å². The molecular weight excluding hydrogens is 402 g/mol. The fourth-order valence-corrected chi connectivity index (χ4v) is 3.98. The zero-order chi connectivity index (χ0) is 14.8. The molecule has 0 aliphatic heterocycles. The van der Waals surface area contributed by atoms with Crippen molar-refractivity contribution in [2.24, 2.45) is 0 Å². The van der Waals surface area contributed by atoms with E-state index in [2.05, 4.69) is 62.4 Å². The number of allylic oxidation sites excluding steroid dienone is 1. The Labute approximate surface area is 167 Å². The summed E-state index contributed by atoms with van der Waals surface area (Å²) >= 11 is 1.59. The SMILES string of the molecule is CCCCc1ccccc1-c1cccc2c1C=C(C)[CH]2[Zr+2].[Cl-].[Cl-]. The van der Waals surface area contributed by atoms with Gasteiger partial charge in [-0.05, 0) is 0 Å². The van der Waals surface area contributed by atoms with Crippen molar-refractivity contribution in [1.82, 2.24) is 0 Å². The smallest absolute Gasteiger partial charge is 1.00 e. The van der Waals surface area contributed by atoms with Gasteiger partial charge in [-0.15, -0.1) is 0 Å². The molecule has 1 aliphatic carbocycles. The van der Waals surface area contributed by atoms with E-state index in [0.717, 1.165) is 0 Å². The van der Waals surface area contributed by atoms with Crippen LogP contribution in [0.15, 0.2) is 48.0 Å². The molecule has 0 aromatic heterocycles. The van der Waals surface area contributed by atoms with Crippen molar-refractivity contribution in [1.29, 1.82) is 0 Å². The fraction of sp³-hybridized carbons (Fsp3) is 0.300. The molecule has 2 aromatic rings. The number of rotatable bonds is 4. The minimum absolute atomic E-state index is 0. The molecule has 119 valence electrons. The second kappa shape index (κ2) is 9.21. The second-order valence-electron chi connectivity index (χ2n) is 5.89. The summed E-state index contributed by atoms with van der Waals surface area (Å²) in [5, 5.41) is 0. The number of fused-ring (bicyclic) bond motifs is 1. The van der Waals surface area contributed by atoms with Crippen molar-refractivity contribution < 1.29 is 49.5 Å². The molecule has 0 fully saturated rings. The molecule has 0 spiro atoms. The van der Waals surface area contributed by atoms with Crippen LogP contribution in [0.25, 0.3) is 17.2 Å².